The minimum absolute atomic E-state index is 0.00259. The van der Waals surface area contributed by atoms with E-state index in [0.717, 1.165) is 17.5 Å². The normalized spacial score (nSPS) is 18.7. The third kappa shape index (κ3) is 4.72. The van der Waals surface area contributed by atoms with Gasteiger partial charge in [0.05, 0.1) is 10.3 Å². The van der Waals surface area contributed by atoms with Crippen LogP contribution in [0.1, 0.15) is 30.1 Å². The van der Waals surface area contributed by atoms with Gasteiger partial charge >= 0.3 is 0 Å². The number of nitrogens with zero attached hydrogens (tertiary/aromatic N) is 1. The largest absolute Gasteiger partial charge is 0.492 e. The molecule has 2 aromatic carbocycles. The molecule has 2 aromatic rings. The van der Waals surface area contributed by atoms with E-state index in [-0.39, 0.29) is 28.7 Å². The van der Waals surface area contributed by atoms with Crippen LogP contribution in [0.4, 0.5) is 14.5 Å². The summed E-state index contributed by atoms with van der Waals surface area (Å²) >= 11 is 6.16. The maximum Gasteiger partial charge on any atom is 0.235 e. The molecule has 1 atom stereocenters. The molecule has 2 aliphatic heterocycles. The fraction of sp³-hybridized carbons (Fsp3) is 0.435. The minimum Gasteiger partial charge on any atom is -0.492 e. The number of hydrogen-bond donors (Lipinski definition) is 1. The maximum absolute atomic E-state index is 14.0. The van der Waals surface area contributed by atoms with Gasteiger partial charge in [0, 0.05) is 29.1 Å². The smallest absolute Gasteiger partial charge is 0.235 e. The molecule has 1 fully saturated rings. The number of likely N-dealkylation sites (tertiary alicyclic amines) is 1. The summed E-state index contributed by atoms with van der Waals surface area (Å²) < 4.78 is 56.3. The van der Waals surface area contributed by atoms with E-state index >= 15 is 0 Å². The fourth-order valence-electron chi connectivity index (χ4n) is 4.61. The maximum atomic E-state index is 14.0. The zero-order chi connectivity index (χ0) is 23.8. The summed E-state index contributed by atoms with van der Waals surface area (Å²) in [5, 5.41) is 3.56. The molecule has 4 rings (SSSR count). The zero-order valence-corrected chi connectivity index (χ0v) is 19.7. The van der Waals surface area contributed by atoms with Crippen molar-refractivity contribution in [1.29, 1.82) is 0 Å². The predicted octanol–water partition coefficient (Wildman–Crippen LogP) is 4.09. The zero-order valence-electron chi connectivity index (χ0n) is 18.1. The summed E-state index contributed by atoms with van der Waals surface area (Å²) in [6.07, 6.45) is 0.224. The van der Waals surface area contributed by atoms with Crippen LogP contribution < -0.4 is 10.1 Å². The molecule has 10 heteroatoms. The van der Waals surface area contributed by atoms with E-state index in [9.17, 15) is 22.0 Å². The van der Waals surface area contributed by atoms with Crippen molar-refractivity contribution in [2.45, 2.75) is 29.3 Å². The molecular weight excluding hydrogens is 474 g/mol. The van der Waals surface area contributed by atoms with Crippen LogP contribution in [0.2, 0.25) is 5.02 Å². The summed E-state index contributed by atoms with van der Waals surface area (Å²) in [4.78, 5) is 14.7. The lowest BCUT2D eigenvalue weighted by molar-refractivity contribution is -0.122. The molecule has 0 bridgehead atoms. The van der Waals surface area contributed by atoms with Crippen molar-refractivity contribution in [3.8, 4) is 5.75 Å². The number of fused-ring (bicyclic) bond motifs is 2. The number of sulfone groups is 1. The molecule has 0 aromatic heterocycles. The van der Waals surface area contributed by atoms with Gasteiger partial charge in [0.1, 0.15) is 19.0 Å². The molecule has 0 aliphatic carbocycles. The number of halogens is 3. The van der Waals surface area contributed by atoms with Crippen LogP contribution in [0.3, 0.4) is 0 Å². The molecule has 2 heterocycles. The topological polar surface area (TPSA) is 75.7 Å². The molecule has 1 saturated heterocycles. The van der Waals surface area contributed by atoms with Crippen LogP contribution in [-0.4, -0.2) is 58.4 Å². The number of anilines is 1. The second-order valence-corrected chi connectivity index (χ2v) is 10.9. The minimum atomic E-state index is -3.69. The Morgan fingerprint density at radius 1 is 1.21 bits per heavy atom. The van der Waals surface area contributed by atoms with E-state index in [4.69, 9.17) is 16.3 Å². The number of piperidine rings is 1. The molecule has 0 saturated carbocycles. The van der Waals surface area contributed by atoms with Gasteiger partial charge in [-0.15, -0.1) is 0 Å². The lowest BCUT2D eigenvalue weighted by atomic mass is 9.73. The Bertz CT molecular complexity index is 1170. The summed E-state index contributed by atoms with van der Waals surface area (Å²) in [5.74, 6) is 0.281. The second kappa shape index (κ2) is 9.19. The first kappa shape index (κ1) is 23.9. The number of carbonyl (C=O) groups excluding carboxylic acids is 1. The highest BCUT2D eigenvalue weighted by molar-refractivity contribution is 7.90. The second-order valence-electron chi connectivity index (χ2n) is 8.51. The Morgan fingerprint density at radius 2 is 1.94 bits per heavy atom. The molecule has 2 aliphatic rings. The van der Waals surface area contributed by atoms with Crippen molar-refractivity contribution in [2.75, 3.05) is 44.5 Å². The average molecular weight is 499 g/mol. The standard InChI is InChI=1S/C23H25ClF2N2O4S/c1-33(30,31)21-5-3-16(13-17(21)19(26)14-25)32-11-10-28-8-6-23(7-9-28)18-12-15(24)2-4-20(18)27-22(23)29/h2-5,12-13,19H,6-11,14H2,1H3,(H,27,29)/t19-/m1/s1. The molecule has 1 amide bonds. The first-order valence-electron chi connectivity index (χ1n) is 10.6. The number of carbonyl (C=O) groups is 1. The van der Waals surface area contributed by atoms with Crippen molar-refractivity contribution >= 4 is 33.0 Å². The number of amides is 1. The van der Waals surface area contributed by atoms with E-state index in [1.54, 1.807) is 6.07 Å². The quantitative estimate of drug-likeness (QED) is 0.622. The lowest BCUT2D eigenvalue weighted by Gasteiger charge is -2.38. The van der Waals surface area contributed by atoms with Crippen LogP contribution in [0.15, 0.2) is 41.3 Å². The Kier molecular flexibility index (Phi) is 6.66. The van der Waals surface area contributed by atoms with Crippen molar-refractivity contribution in [2.24, 2.45) is 0 Å². The van der Waals surface area contributed by atoms with Crippen LogP contribution in [0.25, 0.3) is 0 Å². The van der Waals surface area contributed by atoms with E-state index in [0.29, 0.717) is 37.5 Å². The Morgan fingerprint density at radius 3 is 2.61 bits per heavy atom. The molecular formula is C23H25ClF2N2O4S. The molecule has 0 radical (unpaired) electrons. The molecule has 178 valence electrons. The number of hydrogen-bond acceptors (Lipinski definition) is 5. The van der Waals surface area contributed by atoms with Gasteiger partial charge < -0.3 is 10.1 Å². The molecule has 1 spiro atoms. The van der Waals surface area contributed by atoms with Gasteiger partial charge in [0.15, 0.2) is 16.0 Å². The van der Waals surface area contributed by atoms with Gasteiger partial charge in [-0.05, 0) is 67.9 Å². The van der Waals surface area contributed by atoms with Crippen molar-refractivity contribution in [3.05, 3.63) is 52.5 Å². The number of rotatable bonds is 7. The average Bonchev–Trinajstić information content (AvgIpc) is 3.04. The third-order valence-corrected chi connectivity index (χ3v) is 7.83. The Labute approximate surface area is 196 Å². The summed E-state index contributed by atoms with van der Waals surface area (Å²) in [6.45, 7) is 0.922. The van der Waals surface area contributed by atoms with E-state index in [2.05, 4.69) is 10.2 Å². The lowest BCUT2D eigenvalue weighted by Crippen LogP contribution is -2.47. The van der Waals surface area contributed by atoms with E-state index in [1.165, 1.54) is 18.2 Å². The highest BCUT2D eigenvalue weighted by atomic mass is 35.5. The van der Waals surface area contributed by atoms with E-state index in [1.807, 2.05) is 12.1 Å². The molecule has 1 N–H and O–H groups in total. The monoisotopic (exact) mass is 498 g/mol. The molecule has 33 heavy (non-hydrogen) atoms. The van der Waals surface area contributed by atoms with Gasteiger partial charge in [-0.1, -0.05) is 11.6 Å². The van der Waals surface area contributed by atoms with Gasteiger partial charge in [-0.2, -0.15) is 0 Å². The highest BCUT2D eigenvalue weighted by Gasteiger charge is 2.48. The number of nitrogens with one attached hydrogen (secondary N) is 1. The van der Waals surface area contributed by atoms with Crippen LogP contribution in [0, 0.1) is 0 Å². The summed E-state index contributed by atoms with van der Waals surface area (Å²) in [7, 11) is -3.69. The van der Waals surface area contributed by atoms with E-state index < -0.39 is 28.1 Å². The van der Waals surface area contributed by atoms with Gasteiger partial charge in [-0.25, -0.2) is 17.2 Å². The van der Waals surface area contributed by atoms with Crippen LogP contribution in [0.5, 0.6) is 5.75 Å². The van der Waals surface area contributed by atoms with Crippen molar-refractivity contribution in [3.63, 3.8) is 0 Å². The third-order valence-electron chi connectivity index (χ3n) is 6.42. The van der Waals surface area contributed by atoms with Gasteiger partial charge in [-0.3, -0.25) is 9.69 Å². The summed E-state index contributed by atoms with van der Waals surface area (Å²) in [5.41, 5.74) is 0.954. The van der Waals surface area contributed by atoms with Crippen LogP contribution >= 0.6 is 11.6 Å². The highest BCUT2D eigenvalue weighted by Crippen LogP contribution is 2.45. The summed E-state index contributed by atoms with van der Waals surface area (Å²) in [6, 6.07) is 9.39. The molecule has 0 unspecified atom stereocenters. The first-order valence-corrected chi connectivity index (χ1v) is 12.9. The number of ether oxygens (including phenoxy) is 1. The Balaban J connectivity index is 1.37. The fourth-order valence-corrected chi connectivity index (χ4v) is 5.72. The SMILES string of the molecule is CS(=O)(=O)c1ccc(OCCN2CCC3(CC2)C(=O)Nc2ccc(Cl)cc23)cc1[C@H](F)CF. The van der Waals surface area contributed by atoms with Crippen molar-refractivity contribution < 1.29 is 26.7 Å². The van der Waals surface area contributed by atoms with Gasteiger partial charge in [0.25, 0.3) is 0 Å². The first-order chi connectivity index (χ1) is 15.6. The van der Waals surface area contributed by atoms with Crippen molar-refractivity contribution in [1.82, 2.24) is 4.90 Å². The van der Waals surface area contributed by atoms with Gasteiger partial charge in [0.2, 0.25) is 5.91 Å². The predicted molar refractivity (Wildman–Crippen MR) is 122 cm³/mol. The molecule has 6 nitrogen and oxygen atoms in total. The number of benzene rings is 2. The number of alkyl halides is 2. The van der Waals surface area contributed by atoms with Crippen LogP contribution in [-0.2, 0) is 20.0 Å². The Hall–Kier alpha value is -2.23.